The minimum atomic E-state index is -0.499. The van der Waals surface area contributed by atoms with Crippen LogP contribution >= 0.6 is 0 Å². The van der Waals surface area contributed by atoms with Crippen molar-refractivity contribution in [2.24, 2.45) is 5.92 Å². The molecule has 1 aliphatic heterocycles. The van der Waals surface area contributed by atoms with Gasteiger partial charge in [-0.05, 0) is 51.7 Å². The van der Waals surface area contributed by atoms with Crippen molar-refractivity contribution in [1.29, 1.82) is 0 Å². The van der Waals surface area contributed by atoms with E-state index in [1.165, 1.54) is 19.3 Å². The number of hydrogen-bond acceptors (Lipinski definition) is 3. The Bertz CT molecular complexity index is 558. The fraction of sp³-hybridized carbons (Fsp3) is 0.632. The Hall–Kier alpha value is -1.71. The molecule has 4 heteroatoms. The van der Waals surface area contributed by atoms with Crippen LogP contribution in [0.1, 0.15) is 52.9 Å². The number of carbonyl (C=O) groups excluding carboxylic acids is 1. The van der Waals surface area contributed by atoms with Crippen molar-refractivity contribution in [1.82, 2.24) is 0 Å². The van der Waals surface area contributed by atoms with E-state index in [1.807, 2.05) is 49.9 Å². The molecule has 1 unspecified atom stereocenters. The molecular weight excluding hydrogens is 290 g/mol. The molecule has 0 saturated heterocycles. The van der Waals surface area contributed by atoms with E-state index in [-0.39, 0.29) is 12.1 Å². The molecule has 1 aromatic carbocycles. The van der Waals surface area contributed by atoms with Crippen molar-refractivity contribution in [3.05, 3.63) is 24.3 Å². The maximum Gasteiger partial charge on any atom is 0.415 e. The number of anilines is 1. The van der Waals surface area contributed by atoms with Crippen LogP contribution in [0.4, 0.5) is 10.5 Å². The van der Waals surface area contributed by atoms with Crippen molar-refractivity contribution < 1.29 is 14.3 Å². The van der Waals surface area contributed by atoms with Crippen LogP contribution in [-0.4, -0.2) is 24.3 Å². The smallest absolute Gasteiger partial charge is 0.415 e. The van der Waals surface area contributed by atoms with Crippen molar-refractivity contribution in [2.45, 2.75) is 64.5 Å². The van der Waals surface area contributed by atoms with Gasteiger partial charge in [-0.3, -0.25) is 4.90 Å². The minimum absolute atomic E-state index is 0.0695. The first-order chi connectivity index (χ1) is 11.0. The first-order valence-corrected chi connectivity index (χ1v) is 8.70. The first kappa shape index (κ1) is 16.2. The third-order valence-corrected chi connectivity index (χ3v) is 4.65. The number of nitrogens with zero attached hydrogens (tertiary/aromatic N) is 1. The topological polar surface area (TPSA) is 38.8 Å². The molecule has 2 aliphatic rings. The fourth-order valence-corrected chi connectivity index (χ4v) is 3.62. The molecule has 0 aromatic heterocycles. The normalized spacial score (nSPS) is 22.2. The largest absolute Gasteiger partial charge is 0.489 e. The Morgan fingerprint density at radius 2 is 1.87 bits per heavy atom. The molecule has 3 rings (SSSR count). The van der Waals surface area contributed by atoms with E-state index in [0.29, 0.717) is 12.5 Å². The average molecular weight is 317 g/mol. The minimum Gasteiger partial charge on any atom is -0.489 e. The highest BCUT2D eigenvalue weighted by molar-refractivity contribution is 5.91. The van der Waals surface area contributed by atoms with Gasteiger partial charge in [-0.15, -0.1) is 0 Å². The SMILES string of the molecule is CC(C)(C)OC(=O)N1c2ccccc2OCC1C1CCCCC1. The number of carbonyl (C=O) groups is 1. The van der Waals surface area contributed by atoms with Gasteiger partial charge in [0.1, 0.15) is 18.0 Å². The molecule has 0 N–H and O–H groups in total. The first-order valence-electron chi connectivity index (χ1n) is 8.70. The summed E-state index contributed by atoms with van der Waals surface area (Å²) in [5, 5.41) is 0. The van der Waals surface area contributed by atoms with Gasteiger partial charge in [0.2, 0.25) is 0 Å². The molecule has 1 atom stereocenters. The molecule has 23 heavy (non-hydrogen) atoms. The third kappa shape index (κ3) is 3.62. The van der Waals surface area contributed by atoms with E-state index in [1.54, 1.807) is 0 Å². The van der Waals surface area contributed by atoms with Crippen LogP contribution in [-0.2, 0) is 4.74 Å². The summed E-state index contributed by atoms with van der Waals surface area (Å²) >= 11 is 0. The Balaban J connectivity index is 1.91. The van der Waals surface area contributed by atoms with E-state index in [9.17, 15) is 4.79 Å². The van der Waals surface area contributed by atoms with Gasteiger partial charge in [-0.1, -0.05) is 31.4 Å². The molecule has 1 aromatic rings. The number of para-hydroxylation sites is 2. The van der Waals surface area contributed by atoms with Gasteiger partial charge in [0.05, 0.1) is 11.7 Å². The lowest BCUT2D eigenvalue weighted by Gasteiger charge is -2.42. The lowest BCUT2D eigenvalue weighted by molar-refractivity contribution is 0.0513. The highest BCUT2D eigenvalue weighted by atomic mass is 16.6. The number of benzene rings is 1. The van der Waals surface area contributed by atoms with Gasteiger partial charge in [0.15, 0.2) is 0 Å². The second-order valence-electron chi connectivity index (χ2n) is 7.59. The maximum atomic E-state index is 12.9. The summed E-state index contributed by atoms with van der Waals surface area (Å²) in [5.74, 6) is 1.26. The van der Waals surface area contributed by atoms with Gasteiger partial charge in [0.25, 0.3) is 0 Å². The van der Waals surface area contributed by atoms with E-state index in [0.717, 1.165) is 24.3 Å². The summed E-state index contributed by atoms with van der Waals surface area (Å²) in [6.45, 7) is 6.29. The van der Waals surface area contributed by atoms with Crippen LogP contribution in [0, 0.1) is 5.92 Å². The van der Waals surface area contributed by atoms with E-state index in [4.69, 9.17) is 9.47 Å². The monoisotopic (exact) mass is 317 g/mol. The van der Waals surface area contributed by atoms with Crippen LogP contribution in [0.2, 0.25) is 0 Å². The third-order valence-electron chi connectivity index (χ3n) is 4.65. The molecule has 126 valence electrons. The lowest BCUT2D eigenvalue weighted by Crippen LogP contribution is -2.52. The Morgan fingerprint density at radius 3 is 2.57 bits per heavy atom. The van der Waals surface area contributed by atoms with Crippen LogP contribution in [0.5, 0.6) is 5.75 Å². The zero-order valence-electron chi connectivity index (χ0n) is 14.4. The quantitative estimate of drug-likeness (QED) is 0.749. The molecule has 0 bridgehead atoms. The van der Waals surface area contributed by atoms with Crippen molar-refractivity contribution in [2.75, 3.05) is 11.5 Å². The summed E-state index contributed by atoms with van der Waals surface area (Å²) in [6, 6.07) is 7.83. The number of rotatable bonds is 1. The van der Waals surface area contributed by atoms with E-state index >= 15 is 0 Å². The van der Waals surface area contributed by atoms with Crippen molar-refractivity contribution in [3.63, 3.8) is 0 Å². The van der Waals surface area contributed by atoms with E-state index < -0.39 is 5.60 Å². The Kier molecular flexibility index (Phi) is 4.51. The molecule has 4 nitrogen and oxygen atoms in total. The number of hydrogen-bond donors (Lipinski definition) is 0. The van der Waals surface area contributed by atoms with Gasteiger partial charge >= 0.3 is 6.09 Å². The molecule has 1 aliphatic carbocycles. The second-order valence-corrected chi connectivity index (χ2v) is 7.59. The van der Waals surface area contributed by atoms with E-state index in [2.05, 4.69) is 0 Å². The maximum absolute atomic E-state index is 12.9. The summed E-state index contributed by atoms with van der Waals surface area (Å²) < 4.78 is 11.6. The summed E-state index contributed by atoms with van der Waals surface area (Å²) in [5.41, 5.74) is 0.338. The van der Waals surface area contributed by atoms with Gasteiger partial charge in [0, 0.05) is 0 Å². The van der Waals surface area contributed by atoms with Crippen molar-refractivity contribution in [3.8, 4) is 5.75 Å². The number of ether oxygens (including phenoxy) is 2. The molecule has 0 spiro atoms. The summed E-state index contributed by atoms with van der Waals surface area (Å²) in [6.07, 6.45) is 5.84. The predicted molar refractivity (Wildman–Crippen MR) is 91.0 cm³/mol. The zero-order valence-corrected chi connectivity index (χ0v) is 14.4. The fourth-order valence-electron chi connectivity index (χ4n) is 3.62. The second kappa shape index (κ2) is 6.42. The number of amides is 1. The molecule has 0 radical (unpaired) electrons. The summed E-state index contributed by atoms with van der Waals surface area (Å²) in [7, 11) is 0. The molecular formula is C19H27NO3. The highest BCUT2D eigenvalue weighted by Crippen LogP contribution is 2.39. The highest BCUT2D eigenvalue weighted by Gasteiger charge is 2.39. The van der Waals surface area contributed by atoms with Crippen LogP contribution in [0.15, 0.2) is 24.3 Å². The van der Waals surface area contributed by atoms with Crippen molar-refractivity contribution >= 4 is 11.8 Å². The summed E-state index contributed by atoms with van der Waals surface area (Å²) in [4.78, 5) is 14.7. The lowest BCUT2D eigenvalue weighted by atomic mass is 9.83. The molecule has 1 fully saturated rings. The molecule has 1 heterocycles. The Labute approximate surface area is 138 Å². The van der Waals surface area contributed by atoms with Gasteiger partial charge < -0.3 is 9.47 Å². The number of fused-ring (bicyclic) bond motifs is 1. The molecule has 1 amide bonds. The van der Waals surface area contributed by atoms with Crippen LogP contribution in [0.3, 0.4) is 0 Å². The van der Waals surface area contributed by atoms with Crippen LogP contribution in [0.25, 0.3) is 0 Å². The van der Waals surface area contributed by atoms with Gasteiger partial charge in [-0.2, -0.15) is 0 Å². The predicted octanol–water partition coefficient (Wildman–Crippen LogP) is 4.77. The van der Waals surface area contributed by atoms with Gasteiger partial charge in [-0.25, -0.2) is 4.79 Å². The Morgan fingerprint density at radius 1 is 1.17 bits per heavy atom. The zero-order chi connectivity index (χ0) is 16.4. The van der Waals surface area contributed by atoms with Crippen LogP contribution < -0.4 is 9.64 Å². The molecule has 1 saturated carbocycles. The standard InChI is InChI=1S/C19H27NO3/c1-19(2,3)23-18(21)20-15-11-7-8-12-17(15)22-13-16(20)14-9-5-4-6-10-14/h7-8,11-12,14,16H,4-6,9-10,13H2,1-3H3. The average Bonchev–Trinajstić information content (AvgIpc) is 2.53.